The molecule has 6 heteroatoms. The Kier molecular flexibility index (Phi) is 2.96. The van der Waals surface area contributed by atoms with Crippen LogP contribution in [0.3, 0.4) is 0 Å². The normalized spacial score (nSPS) is 14.1. The van der Waals surface area contributed by atoms with Crippen LogP contribution in [-0.4, -0.2) is 33.2 Å². The van der Waals surface area contributed by atoms with Crippen molar-refractivity contribution in [2.75, 3.05) is 17.7 Å². The van der Waals surface area contributed by atoms with Gasteiger partial charge in [-0.05, 0) is 20.8 Å². The summed E-state index contributed by atoms with van der Waals surface area (Å²) >= 11 is 1.23. The van der Waals surface area contributed by atoms with Crippen molar-refractivity contribution in [3.8, 4) is 0 Å². The van der Waals surface area contributed by atoms with Gasteiger partial charge in [-0.1, -0.05) is 0 Å². The van der Waals surface area contributed by atoms with Crippen LogP contribution in [0.4, 0.5) is 11.1 Å². The molecule has 1 atom stereocenters. The Labute approximate surface area is 87.7 Å². The van der Waals surface area contributed by atoms with Gasteiger partial charge in [0.1, 0.15) is 0 Å². The molecular formula is C8H16N4OS. The van der Waals surface area contributed by atoms with E-state index in [1.54, 1.807) is 13.8 Å². The van der Waals surface area contributed by atoms with Crippen molar-refractivity contribution < 1.29 is 5.11 Å². The lowest BCUT2D eigenvalue weighted by molar-refractivity contribution is 0.0565. The second kappa shape index (κ2) is 3.70. The monoisotopic (exact) mass is 216 g/mol. The quantitative estimate of drug-likeness (QED) is 0.778. The predicted octanol–water partition coefficient (Wildman–Crippen LogP) is 0.716. The minimum absolute atomic E-state index is 0.0464. The fraction of sp³-hybridized carbons (Fsp3) is 0.750. The second-order valence-corrected chi connectivity index (χ2v) is 4.61. The lowest BCUT2D eigenvalue weighted by atomic mass is 10.0. The molecule has 0 bridgehead atoms. The topological polar surface area (TPSA) is 75.3 Å². The second-order valence-electron chi connectivity index (χ2n) is 3.88. The van der Waals surface area contributed by atoms with Gasteiger partial charge in [0, 0.05) is 18.6 Å². The van der Waals surface area contributed by atoms with E-state index in [9.17, 15) is 5.11 Å². The van der Waals surface area contributed by atoms with E-state index >= 15 is 0 Å². The first-order valence-electron chi connectivity index (χ1n) is 4.36. The summed E-state index contributed by atoms with van der Waals surface area (Å²) in [5.41, 5.74) is 4.64. The fourth-order valence-corrected chi connectivity index (χ4v) is 1.65. The number of nitrogens with zero attached hydrogens (tertiary/aromatic N) is 3. The van der Waals surface area contributed by atoms with E-state index in [1.165, 1.54) is 11.5 Å². The molecule has 0 aliphatic carbocycles. The van der Waals surface area contributed by atoms with Gasteiger partial charge in [0.2, 0.25) is 11.1 Å². The first-order valence-corrected chi connectivity index (χ1v) is 5.14. The number of aliphatic hydroxyl groups is 1. The Bertz CT molecular complexity index is 307. The van der Waals surface area contributed by atoms with Crippen molar-refractivity contribution in [3.05, 3.63) is 0 Å². The Balaban J connectivity index is 2.80. The van der Waals surface area contributed by atoms with Crippen LogP contribution in [-0.2, 0) is 0 Å². The summed E-state index contributed by atoms with van der Waals surface area (Å²) in [5, 5.41) is 10.5. The fourth-order valence-electron chi connectivity index (χ4n) is 1.01. The summed E-state index contributed by atoms with van der Waals surface area (Å²) in [4.78, 5) is 5.91. The molecule has 5 nitrogen and oxygen atoms in total. The molecule has 0 amide bonds. The lowest BCUT2D eigenvalue weighted by Crippen LogP contribution is -2.45. The molecule has 0 fully saturated rings. The zero-order valence-electron chi connectivity index (χ0n) is 8.85. The van der Waals surface area contributed by atoms with Gasteiger partial charge in [0.05, 0.1) is 11.6 Å². The zero-order chi connectivity index (χ0) is 10.9. The van der Waals surface area contributed by atoms with Crippen LogP contribution in [0, 0.1) is 0 Å². The van der Waals surface area contributed by atoms with Crippen LogP contribution in [0.25, 0.3) is 0 Å². The standard InChI is InChI=1S/C8H16N4OS/c1-5(8(2,3)13)12(4)7-10-6(9)11-14-7/h5,13H,1-4H3,(H2,9,11). The molecule has 0 saturated carbocycles. The minimum atomic E-state index is -0.783. The molecule has 14 heavy (non-hydrogen) atoms. The third-order valence-electron chi connectivity index (χ3n) is 2.34. The molecule has 0 spiro atoms. The molecule has 1 aromatic rings. The summed E-state index contributed by atoms with van der Waals surface area (Å²) in [7, 11) is 1.86. The summed E-state index contributed by atoms with van der Waals surface area (Å²) in [6.45, 7) is 5.45. The maximum absolute atomic E-state index is 9.81. The van der Waals surface area contributed by atoms with Crippen molar-refractivity contribution in [1.29, 1.82) is 0 Å². The average molecular weight is 216 g/mol. The molecule has 3 N–H and O–H groups in total. The van der Waals surface area contributed by atoms with E-state index in [-0.39, 0.29) is 12.0 Å². The van der Waals surface area contributed by atoms with Crippen molar-refractivity contribution in [2.24, 2.45) is 0 Å². The van der Waals surface area contributed by atoms with Gasteiger partial charge < -0.3 is 15.7 Å². The molecule has 0 aromatic carbocycles. The molecule has 1 aromatic heterocycles. The minimum Gasteiger partial charge on any atom is -0.388 e. The summed E-state index contributed by atoms with van der Waals surface area (Å²) in [5.74, 6) is 0.278. The molecule has 0 saturated heterocycles. The highest BCUT2D eigenvalue weighted by Gasteiger charge is 2.27. The van der Waals surface area contributed by atoms with E-state index in [2.05, 4.69) is 9.36 Å². The van der Waals surface area contributed by atoms with Crippen LogP contribution < -0.4 is 10.6 Å². The van der Waals surface area contributed by atoms with E-state index in [4.69, 9.17) is 5.73 Å². The summed E-state index contributed by atoms with van der Waals surface area (Å²) in [6.07, 6.45) is 0. The van der Waals surface area contributed by atoms with Gasteiger partial charge in [-0.25, -0.2) is 0 Å². The predicted molar refractivity (Wildman–Crippen MR) is 58.5 cm³/mol. The van der Waals surface area contributed by atoms with Crippen molar-refractivity contribution in [3.63, 3.8) is 0 Å². The lowest BCUT2D eigenvalue weighted by Gasteiger charge is -2.33. The summed E-state index contributed by atoms with van der Waals surface area (Å²) in [6, 6.07) is -0.0464. The number of aromatic nitrogens is 2. The third kappa shape index (κ3) is 2.33. The van der Waals surface area contributed by atoms with Crippen molar-refractivity contribution in [2.45, 2.75) is 32.4 Å². The Morgan fingerprint density at radius 3 is 2.50 bits per heavy atom. The first-order chi connectivity index (χ1) is 6.32. The number of nitrogens with two attached hydrogens (primary N) is 1. The number of anilines is 2. The number of hydrogen-bond donors (Lipinski definition) is 2. The largest absolute Gasteiger partial charge is 0.388 e. The van der Waals surface area contributed by atoms with Crippen LogP contribution in [0.1, 0.15) is 20.8 Å². The highest BCUT2D eigenvalue weighted by Crippen LogP contribution is 2.23. The number of rotatable bonds is 3. The van der Waals surface area contributed by atoms with Crippen LogP contribution in [0.15, 0.2) is 0 Å². The van der Waals surface area contributed by atoms with Crippen LogP contribution in [0.5, 0.6) is 0 Å². The summed E-state index contributed by atoms with van der Waals surface area (Å²) < 4.78 is 3.89. The van der Waals surface area contributed by atoms with Crippen LogP contribution in [0.2, 0.25) is 0 Å². The average Bonchev–Trinajstić information content (AvgIpc) is 2.47. The van der Waals surface area contributed by atoms with Gasteiger partial charge in [0.25, 0.3) is 0 Å². The van der Waals surface area contributed by atoms with Gasteiger partial charge in [0.15, 0.2) is 0 Å². The van der Waals surface area contributed by atoms with Gasteiger partial charge in [-0.2, -0.15) is 9.36 Å². The van der Waals surface area contributed by atoms with Gasteiger partial charge in [-0.3, -0.25) is 0 Å². The van der Waals surface area contributed by atoms with Crippen molar-refractivity contribution in [1.82, 2.24) is 9.36 Å². The Hall–Kier alpha value is -0.880. The number of nitrogen functional groups attached to an aromatic ring is 1. The highest BCUT2D eigenvalue weighted by molar-refractivity contribution is 7.09. The Morgan fingerprint density at radius 2 is 2.14 bits per heavy atom. The number of hydrogen-bond acceptors (Lipinski definition) is 6. The molecule has 1 unspecified atom stereocenters. The Morgan fingerprint density at radius 1 is 1.57 bits per heavy atom. The first kappa shape index (κ1) is 11.2. The molecule has 0 aliphatic rings. The van der Waals surface area contributed by atoms with E-state index in [0.29, 0.717) is 0 Å². The maximum Gasteiger partial charge on any atom is 0.233 e. The SMILES string of the molecule is CC(N(C)c1nc(N)ns1)C(C)(C)O. The number of likely N-dealkylation sites (N-methyl/N-ethyl adjacent to an activating group) is 1. The zero-order valence-corrected chi connectivity index (χ0v) is 9.67. The van der Waals surface area contributed by atoms with Gasteiger partial charge >= 0.3 is 0 Å². The van der Waals surface area contributed by atoms with E-state index in [0.717, 1.165) is 5.13 Å². The van der Waals surface area contributed by atoms with E-state index in [1.807, 2.05) is 18.9 Å². The van der Waals surface area contributed by atoms with Crippen LogP contribution >= 0.6 is 11.5 Å². The molecular weight excluding hydrogens is 200 g/mol. The molecule has 1 heterocycles. The molecule has 0 radical (unpaired) electrons. The maximum atomic E-state index is 9.81. The molecule has 80 valence electrons. The van der Waals surface area contributed by atoms with E-state index < -0.39 is 5.60 Å². The smallest absolute Gasteiger partial charge is 0.233 e. The third-order valence-corrected chi connectivity index (χ3v) is 3.16. The van der Waals surface area contributed by atoms with Crippen molar-refractivity contribution >= 4 is 22.6 Å². The van der Waals surface area contributed by atoms with Gasteiger partial charge in [-0.15, -0.1) is 0 Å². The highest BCUT2D eigenvalue weighted by atomic mass is 32.1. The molecule has 0 aliphatic heterocycles. The molecule has 1 rings (SSSR count).